The molecule has 2 atom stereocenters. The van der Waals surface area contributed by atoms with E-state index in [2.05, 4.69) is 38.1 Å². The number of morpholine rings is 1. The van der Waals surface area contributed by atoms with E-state index < -0.39 is 0 Å². The SMILES string of the molecule is O=C(C1CCNc2ccccc2C1)N1CCOC(c2nn[nH]n2)C1. The molecule has 2 aliphatic heterocycles. The molecule has 0 aliphatic carbocycles. The number of fused-ring (bicyclic) bond motifs is 1. The van der Waals surface area contributed by atoms with Crippen molar-refractivity contribution in [1.82, 2.24) is 25.5 Å². The molecule has 4 rings (SSSR count). The van der Waals surface area contributed by atoms with Crippen molar-refractivity contribution >= 4 is 11.6 Å². The van der Waals surface area contributed by atoms with Crippen LogP contribution in [-0.4, -0.2) is 57.7 Å². The van der Waals surface area contributed by atoms with Gasteiger partial charge in [-0.3, -0.25) is 4.79 Å². The van der Waals surface area contributed by atoms with Gasteiger partial charge in [-0.1, -0.05) is 23.4 Å². The summed E-state index contributed by atoms with van der Waals surface area (Å²) in [4.78, 5) is 14.9. The molecule has 2 aromatic rings. The quantitative estimate of drug-likeness (QED) is 0.845. The lowest BCUT2D eigenvalue weighted by Crippen LogP contribution is -2.45. The molecule has 3 heterocycles. The number of hydrogen-bond donors (Lipinski definition) is 2. The number of nitrogens with one attached hydrogen (secondary N) is 2. The van der Waals surface area contributed by atoms with Crippen molar-refractivity contribution < 1.29 is 9.53 Å². The van der Waals surface area contributed by atoms with Crippen molar-refractivity contribution in [2.45, 2.75) is 18.9 Å². The van der Waals surface area contributed by atoms with Crippen molar-refractivity contribution in [2.24, 2.45) is 5.92 Å². The minimum absolute atomic E-state index is 0.00910. The van der Waals surface area contributed by atoms with Crippen molar-refractivity contribution in [3.8, 4) is 0 Å². The van der Waals surface area contributed by atoms with Crippen LogP contribution in [0.3, 0.4) is 0 Å². The summed E-state index contributed by atoms with van der Waals surface area (Å²) >= 11 is 0. The van der Waals surface area contributed by atoms with Crippen LogP contribution in [-0.2, 0) is 16.0 Å². The zero-order valence-electron chi connectivity index (χ0n) is 13.3. The van der Waals surface area contributed by atoms with Crippen molar-refractivity contribution in [3.05, 3.63) is 35.7 Å². The van der Waals surface area contributed by atoms with Crippen LogP contribution in [0.15, 0.2) is 24.3 Å². The number of H-pyrrole nitrogens is 1. The van der Waals surface area contributed by atoms with Crippen molar-refractivity contribution in [2.75, 3.05) is 31.6 Å². The second-order valence-corrected chi connectivity index (χ2v) is 6.19. The number of para-hydroxylation sites is 1. The van der Waals surface area contributed by atoms with E-state index in [-0.39, 0.29) is 17.9 Å². The van der Waals surface area contributed by atoms with Crippen LogP contribution < -0.4 is 5.32 Å². The zero-order valence-corrected chi connectivity index (χ0v) is 13.3. The van der Waals surface area contributed by atoms with Crippen LogP contribution >= 0.6 is 0 Å². The summed E-state index contributed by atoms with van der Waals surface area (Å²) in [5.41, 5.74) is 2.34. The molecule has 8 heteroatoms. The predicted octanol–water partition coefficient (Wildman–Crippen LogP) is 0.774. The summed E-state index contributed by atoms with van der Waals surface area (Å²) in [7, 11) is 0. The Labute approximate surface area is 139 Å². The molecule has 2 unspecified atom stereocenters. The van der Waals surface area contributed by atoms with Gasteiger partial charge in [0.05, 0.1) is 13.2 Å². The van der Waals surface area contributed by atoms with Gasteiger partial charge in [0.15, 0.2) is 0 Å². The lowest BCUT2D eigenvalue weighted by molar-refractivity contribution is -0.143. The van der Waals surface area contributed by atoms with Crippen molar-refractivity contribution in [1.29, 1.82) is 0 Å². The molecule has 1 aromatic heterocycles. The lowest BCUT2D eigenvalue weighted by Gasteiger charge is -2.33. The first-order valence-electron chi connectivity index (χ1n) is 8.27. The van der Waals surface area contributed by atoms with Crippen LogP contribution in [0.2, 0.25) is 0 Å². The molecule has 1 saturated heterocycles. The summed E-state index contributed by atoms with van der Waals surface area (Å²) in [5, 5.41) is 17.4. The molecule has 1 amide bonds. The molecule has 0 spiro atoms. The van der Waals surface area contributed by atoms with Gasteiger partial charge >= 0.3 is 0 Å². The van der Waals surface area contributed by atoms with E-state index in [0.29, 0.717) is 25.5 Å². The summed E-state index contributed by atoms with van der Waals surface area (Å²) in [6.45, 7) is 2.39. The normalized spacial score (nSPS) is 23.9. The number of rotatable bonds is 2. The average Bonchev–Trinajstić information content (AvgIpc) is 3.08. The van der Waals surface area contributed by atoms with Crippen LogP contribution in [0.4, 0.5) is 5.69 Å². The largest absolute Gasteiger partial charge is 0.385 e. The number of benzene rings is 1. The van der Waals surface area contributed by atoms with Gasteiger partial charge in [-0.25, -0.2) is 0 Å². The number of carbonyl (C=O) groups excluding carboxylic acids is 1. The molecule has 0 radical (unpaired) electrons. The number of amides is 1. The second kappa shape index (κ2) is 6.56. The van der Waals surface area contributed by atoms with Gasteiger partial charge in [-0.15, -0.1) is 10.2 Å². The number of carbonyl (C=O) groups is 1. The van der Waals surface area contributed by atoms with Crippen LogP contribution in [0.1, 0.15) is 23.9 Å². The first kappa shape index (κ1) is 15.1. The maximum atomic E-state index is 13.0. The third kappa shape index (κ3) is 2.96. The van der Waals surface area contributed by atoms with E-state index in [4.69, 9.17) is 4.74 Å². The Bertz CT molecular complexity index is 704. The summed E-state index contributed by atoms with van der Waals surface area (Å²) < 4.78 is 5.68. The molecule has 24 heavy (non-hydrogen) atoms. The molecule has 126 valence electrons. The number of ether oxygens (including phenoxy) is 1. The van der Waals surface area contributed by atoms with Gasteiger partial charge in [0.25, 0.3) is 0 Å². The van der Waals surface area contributed by atoms with E-state index in [1.807, 2.05) is 17.0 Å². The Balaban J connectivity index is 1.47. The average molecular weight is 328 g/mol. The maximum Gasteiger partial charge on any atom is 0.226 e. The minimum Gasteiger partial charge on any atom is -0.385 e. The smallest absolute Gasteiger partial charge is 0.226 e. The third-order valence-corrected chi connectivity index (χ3v) is 4.67. The Morgan fingerprint density at radius 2 is 2.25 bits per heavy atom. The van der Waals surface area contributed by atoms with Crippen LogP contribution in [0.5, 0.6) is 0 Å². The van der Waals surface area contributed by atoms with Gasteiger partial charge in [-0.2, -0.15) is 5.21 Å². The first-order chi connectivity index (χ1) is 11.8. The molecule has 0 bridgehead atoms. The highest BCUT2D eigenvalue weighted by atomic mass is 16.5. The molecular weight excluding hydrogens is 308 g/mol. The number of tetrazole rings is 1. The molecule has 8 nitrogen and oxygen atoms in total. The van der Waals surface area contributed by atoms with Gasteiger partial charge < -0.3 is 15.0 Å². The monoisotopic (exact) mass is 328 g/mol. The van der Waals surface area contributed by atoms with Gasteiger partial charge in [-0.05, 0) is 24.5 Å². The molecule has 1 aromatic carbocycles. The number of nitrogens with zero attached hydrogens (tertiary/aromatic N) is 4. The summed E-state index contributed by atoms with van der Waals surface area (Å²) in [5.74, 6) is 0.677. The highest BCUT2D eigenvalue weighted by Crippen LogP contribution is 2.27. The Morgan fingerprint density at radius 3 is 3.12 bits per heavy atom. The molecule has 2 aliphatic rings. The molecule has 0 saturated carbocycles. The number of aromatic amines is 1. The molecule has 1 fully saturated rings. The Kier molecular flexibility index (Phi) is 4.12. The van der Waals surface area contributed by atoms with E-state index in [9.17, 15) is 4.79 Å². The second-order valence-electron chi connectivity index (χ2n) is 6.19. The maximum absolute atomic E-state index is 13.0. The van der Waals surface area contributed by atoms with Gasteiger partial charge in [0.1, 0.15) is 6.10 Å². The van der Waals surface area contributed by atoms with Crippen molar-refractivity contribution in [3.63, 3.8) is 0 Å². The first-order valence-corrected chi connectivity index (χ1v) is 8.27. The van der Waals surface area contributed by atoms with E-state index >= 15 is 0 Å². The number of hydrogen-bond acceptors (Lipinski definition) is 6. The summed E-state index contributed by atoms with van der Waals surface area (Å²) in [6, 6.07) is 8.21. The van der Waals surface area contributed by atoms with E-state index in [1.54, 1.807) is 0 Å². The van der Waals surface area contributed by atoms with Gasteiger partial charge in [0.2, 0.25) is 11.7 Å². The molecular formula is C16H20N6O2. The summed E-state index contributed by atoms with van der Waals surface area (Å²) in [6.07, 6.45) is 1.29. The van der Waals surface area contributed by atoms with Gasteiger partial charge in [0, 0.05) is 24.7 Å². The fourth-order valence-electron chi connectivity index (χ4n) is 3.40. The topological polar surface area (TPSA) is 96.0 Å². The predicted molar refractivity (Wildman–Crippen MR) is 86.2 cm³/mol. The molecule has 2 N–H and O–H groups in total. The third-order valence-electron chi connectivity index (χ3n) is 4.67. The Hall–Kier alpha value is -2.48. The fraction of sp³-hybridized carbons (Fsp3) is 0.500. The number of anilines is 1. The highest BCUT2D eigenvalue weighted by Gasteiger charge is 2.32. The Morgan fingerprint density at radius 1 is 1.33 bits per heavy atom. The van der Waals surface area contributed by atoms with E-state index in [0.717, 1.165) is 25.1 Å². The van der Waals surface area contributed by atoms with E-state index in [1.165, 1.54) is 5.56 Å². The van der Waals surface area contributed by atoms with Crippen LogP contribution in [0.25, 0.3) is 0 Å². The van der Waals surface area contributed by atoms with Crippen LogP contribution in [0, 0.1) is 5.92 Å². The minimum atomic E-state index is -0.308. The zero-order chi connectivity index (χ0) is 16.4. The number of aromatic nitrogens is 4. The lowest BCUT2D eigenvalue weighted by atomic mass is 9.95. The highest BCUT2D eigenvalue weighted by molar-refractivity contribution is 5.80. The fourth-order valence-corrected chi connectivity index (χ4v) is 3.40. The standard InChI is InChI=1S/C16H20N6O2/c23-16(12-5-6-17-13-4-2-1-3-11(13)9-12)22-7-8-24-14(10-22)15-18-20-21-19-15/h1-4,12,14,17H,5-10H2,(H,18,19,20,21).